The number of alkyl halides is 9. The van der Waals surface area contributed by atoms with E-state index in [1.54, 1.807) is 0 Å². The second-order valence-corrected chi connectivity index (χ2v) is 10.2. The number of rotatable bonds is 3. The van der Waals surface area contributed by atoms with E-state index in [1.807, 2.05) is 0 Å². The molecule has 0 aromatic carbocycles. The summed E-state index contributed by atoms with van der Waals surface area (Å²) in [5.74, 6) is 0. The van der Waals surface area contributed by atoms with E-state index in [9.17, 15) is 64.8 Å². The smallest absolute Gasteiger partial charge is 0.344 e. The second kappa shape index (κ2) is 5.92. The Bertz CT molecular complexity index is 634. The Morgan fingerprint density at radius 2 is 0.609 bits per heavy atom. The first kappa shape index (κ1) is 24.4. The molecule has 0 aromatic heterocycles. The second-order valence-electron chi connectivity index (χ2n) is 3.26. The van der Waals surface area contributed by atoms with Crippen LogP contribution in [0.25, 0.3) is 0 Å². The standard InChI is InChI=1S/C4HF9O6S3.H3N/c5-2(6,7)20(14,15)1(21(16,17)3(8,9)10)22(18,19)4(11,12)13;/h1H;1H3. The molecule has 23 heavy (non-hydrogen) atoms. The summed E-state index contributed by atoms with van der Waals surface area (Å²) in [5.41, 5.74) is -21.1. The van der Waals surface area contributed by atoms with Gasteiger partial charge in [-0.15, -0.1) is 0 Å². The topological polar surface area (TPSA) is 137 Å². The van der Waals surface area contributed by atoms with Crippen LogP contribution in [-0.4, -0.2) is 45.7 Å². The molecule has 0 heterocycles. The van der Waals surface area contributed by atoms with Gasteiger partial charge in [-0.1, -0.05) is 0 Å². The van der Waals surface area contributed by atoms with Crippen LogP contribution in [0.1, 0.15) is 0 Å². The van der Waals surface area contributed by atoms with Crippen molar-refractivity contribution in [3.8, 4) is 0 Å². The van der Waals surface area contributed by atoms with Gasteiger partial charge in [0.15, 0.2) is 0 Å². The van der Waals surface area contributed by atoms with Gasteiger partial charge in [-0.2, -0.15) is 39.5 Å². The summed E-state index contributed by atoms with van der Waals surface area (Å²) in [5, 5.41) is 0. The Labute approximate surface area is 121 Å². The molecule has 0 radical (unpaired) electrons. The van der Waals surface area contributed by atoms with Crippen molar-refractivity contribution in [3.63, 3.8) is 0 Å². The molecule has 0 aliphatic rings. The molecule has 0 fully saturated rings. The lowest BCUT2D eigenvalue weighted by atomic mass is 11.5. The highest BCUT2D eigenvalue weighted by molar-refractivity contribution is 8.24. The van der Waals surface area contributed by atoms with Crippen molar-refractivity contribution < 1.29 is 64.8 Å². The monoisotopic (exact) mass is 429 g/mol. The Hall–Kier alpha value is -0.820. The molecule has 0 aliphatic heterocycles. The zero-order chi connectivity index (χ0) is 18.6. The van der Waals surface area contributed by atoms with E-state index in [1.165, 1.54) is 0 Å². The third kappa shape index (κ3) is 3.99. The van der Waals surface area contributed by atoms with Crippen molar-refractivity contribution in [3.05, 3.63) is 0 Å². The molecule has 0 atom stereocenters. The molecule has 0 unspecified atom stereocenters. The van der Waals surface area contributed by atoms with E-state index >= 15 is 0 Å². The Morgan fingerprint density at radius 3 is 0.696 bits per heavy atom. The van der Waals surface area contributed by atoms with Gasteiger partial charge in [-0.05, 0) is 0 Å². The third-order valence-corrected chi connectivity index (χ3v) is 9.74. The van der Waals surface area contributed by atoms with Crippen LogP contribution >= 0.6 is 0 Å². The fraction of sp³-hybridized carbons (Fsp3) is 1.00. The minimum atomic E-state index is -7.94. The van der Waals surface area contributed by atoms with Gasteiger partial charge >= 0.3 is 16.5 Å². The molecular weight excluding hydrogens is 425 g/mol. The molecule has 0 spiro atoms. The first-order valence-corrected chi connectivity index (χ1v) is 8.66. The van der Waals surface area contributed by atoms with Gasteiger partial charge in [-0.3, -0.25) is 0 Å². The van der Waals surface area contributed by atoms with Crippen LogP contribution in [0.3, 0.4) is 0 Å². The van der Waals surface area contributed by atoms with E-state index in [-0.39, 0.29) is 6.15 Å². The molecule has 142 valence electrons. The molecule has 0 aliphatic carbocycles. The normalized spacial score (nSPS) is 15.4. The van der Waals surface area contributed by atoms with Crippen LogP contribution in [0, 0.1) is 0 Å². The number of hydrogen-bond donors (Lipinski definition) is 1. The average molecular weight is 429 g/mol. The lowest BCUT2D eigenvalue weighted by molar-refractivity contribution is -0.0490. The van der Waals surface area contributed by atoms with Gasteiger partial charge in [0.1, 0.15) is 0 Å². The highest BCUT2D eigenvalue weighted by atomic mass is 32.3. The van der Waals surface area contributed by atoms with E-state index < -0.39 is 50.0 Å². The van der Waals surface area contributed by atoms with Gasteiger partial charge in [0.2, 0.25) is 0 Å². The Kier molecular flexibility index (Phi) is 6.29. The van der Waals surface area contributed by atoms with Crippen molar-refractivity contribution in [2.75, 3.05) is 0 Å². The highest BCUT2D eigenvalue weighted by Crippen LogP contribution is 2.42. The van der Waals surface area contributed by atoms with Crippen molar-refractivity contribution in [2.24, 2.45) is 0 Å². The van der Waals surface area contributed by atoms with Crippen LogP contribution in [0.2, 0.25) is 0 Å². The molecule has 3 N–H and O–H groups in total. The summed E-state index contributed by atoms with van der Waals surface area (Å²) in [6, 6.07) is 0. The maximum atomic E-state index is 12.1. The summed E-state index contributed by atoms with van der Waals surface area (Å²) < 4.78 is 167. The lowest BCUT2D eigenvalue weighted by Gasteiger charge is -2.21. The molecule has 0 amide bonds. The highest BCUT2D eigenvalue weighted by Gasteiger charge is 2.73. The molecule has 7 nitrogen and oxygen atoms in total. The molecular formula is C4H4F9NO6S3. The maximum absolute atomic E-state index is 12.1. The Balaban J connectivity index is 0. The van der Waals surface area contributed by atoms with Crippen molar-refractivity contribution in [2.45, 2.75) is 20.4 Å². The van der Waals surface area contributed by atoms with Crippen molar-refractivity contribution >= 4 is 29.5 Å². The fourth-order valence-electron chi connectivity index (χ4n) is 0.828. The summed E-state index contributed by atoms with van der Waals surface area (Å²) in [6.45, 7) is 0. The van der Waals surface area contributed by atoms with E-state index in [2.05, 4.69) is 0 Å². The maximum Gasteiger partial charge on any atom is 0.499 e. The van der Waals surface area contributed by atoms with E-state index in [4.69, 9.17) is 0 Å². The van der Waals surface area contributed by atoms with E-state index in [0.29, 0.717) is 0 Å². The van der Waals surface area contributed by atoms with Gasteiger partial charge in [0.05, 0.1) is 0 Å². The lowest BCUT2D eigenvalue weighted by Crippen LogP contribution is -2.52. The van der Waals surface area contributed by atoms with E-state index in [0.717, 1.165) is 0 Å². The van der Waals surface area contributed by atoms with Gasteiger partial charge < -0.3 is 6.15 Å². The van der Waals surface area contributed by atoms with Crippen LogP contribution in [0.5, 0.6) is 0 Å². The molecule has 0 aromatic rings. The average Bonchev–Trinajstić information content (AvgIpc) is 2.09. The van der Waals surface area contributed by atoms with Crippen LogP contribution in [-0.2, 0) is 29.5 Å². The Morgan fingerprint density at radius 1 is 0.478 bits per heavy atom. The third-order valence-electron chi connectivity index (χ3n) is 1.73. The van der Waals surface area contributed by atoms with Crippen LogP contribution in [0.4, 0.5) is 39.5 Å². The molecule has 0 saturated heterocycles. The van der Waals surface area contributed by atoms with Gasteiger partial charge in [0.25, 0.3) is 33.4 Å². The quantitative estimate of drug-likeness (QED) is 0.666. The molecule has 0 rings (SSSR count). The van der Waals surface area contributed by atoms with Crippen LogP contribution < -0.4 is 6.15 Å². The minimum absolute atomic E-state index is 0. The summed E-state index contributed by atoms with van der Waals surface area (Å²) in [4.78, 5) is 0. The molecule has 0 saturated carbocycles. The summed E-state index contributed by atoms with van der Waals surface area (Å²) >= 11 is 0. The predicted octanol–water partition coefficient (Wildman–Crippen LogP) is 1.24. The van der Waals surface area contributed by atoms with Crippen molar-refractivity contribution in [1.82, 2.24) is 6.15 Å². The summed E-state index contributed by atoms with van der Waals surface area (Å²) in [7, 11) is -23.8. The predicted molar refractivity (Wildman–Crippen MR) is 53.7 cm³/mol. The van der Waals surface area contributed by atoms with Crippen LogP contribution in [0.15, 0.2) is 0 Å². The number of hydrogen-bond acceptors (Lipinski definition) is 7. The largest absolute Gasteiger partial charge is 0.499 e. The first-order valence-electron chi connectivity index (χ1n) is 4.02. The number of sulfone groups is 3. The minimum Gasteiger partial charge on any atom is -0.344 e. The SMILES string of the molecule is N.O=S(=O)(C(S(=O)(=O)C(F)(F)F)S(=O)(=O)C(F)(F)F)C(F)(F)F. The zero-order valence-corrected chi connectivity index (χ0v) is 12.3. The first-order chi connectivity index (χ1) is 9.12. The van der Waals surface area contributed by atoms with Gasteiger partial charge in [0, 0.05) is 0 Å². The summed E-state index contributed by atoms with van der Waals surface area (Å²) in [6.07, 6.45) is 0. The number of halogens is 9. The molecule has 19 heteroatoms. The van der Waals surface area contributed by atoms with Crippen molar-refractivity contribution in [1.29, 1.82) is 0 Å². The fourth-order valence-corrected chi connectivity index (χ4v) is 7.45. The molecule has 0 bridgehead atoms. The van der Waals surface area contributed by atoms with Gasteiger partial charge in [-0.25, -0.2) is 25.3 Å². The zero-order valence-electron chi connectivity index (χ0n) is 9.86.